The third-order valence-electron chi connectivity index (χ3n) is 3.49. The Kier molecular flexibility index (Phi) is 16.0. The molecule has 0 aromatic heterocycles. The van der Waals surface area contributed by atoms with E-state index >= 15 is 0 Å². The van der Waals surface area contributed by atoms with Crippen molar-refractivity contribution in [2.24, 2.45) is 0 Å². The van der Waals surface area contributed by atoms with Gasteiger partial charge in [0.2, 0.25) is 5.70 Å². The second-order valence-electron chi connectivity index (χ2n) is 5.64. The lowest BCUT2D eigenvalue weighted by atomic mass is 10.2. The fraction of sp³-hybridized carbons (Fsp3) is 0.550. The SMILES string of the molecule is CCCCC/C=C\C/C=C\C/C=C(\C/C=C\CCCC=O)[N+](=O)[O-]. The number of nitro groups is 1. The Balaban J connectivity index is 4.00. The second-order valence-corrected chi connectivity index (χ2v) is 5.64. The first-order valence-corrected chi connectivity index (χ1v) is 8.94. The molecule has 0 saturated carbocycles. The molecule has 0 bridgehead atoms. The Morgan fingerprint density at radius 3 is 2.25 bits per heavy atom. The quantitative estimate of drug-likeness (QED) is 0.123. The van der Waals surface area contributed by atoms with E-state index in [0.717, 1.165) is 32.0 Å². The van der Waals surface area contributed by atoms with E-state index in [4.69, 9.17) is 0 Å². The average Bonchev–Trinajstić information content (AvgIpc) is 2.57. The van der Waals surface area contributed by atoms with Crippen LogP contribution >= 0.6 is 0 Å². The molecule has 0 fully saturated rings. The van der Waals surface area contributed by atoms with Gasteiger partial charge in [-0.25, -0.2) is 0 Å². The minimum Gasteiger partial charge on any atom is -0.303 e. The van der Waals surface area contributed by atoms with Gasteiger partial charge in [-0.15, -0.1) is 0 Å². The zero-order valence-electron chi connectivity index (χ0n) is 14.9. The minimum absolute atomic E-state index is 0.224. The zero-order valence-corrected chi connectivity index (χ0v) is 14.9. The van der Waals surface area contributed by atoms with E-state index in [9.17, 15) is 14.9 Å². The van der Waals surface area contributed by atoms with Crippen LogP contribution in [0.3, 0.4) is 0 Å². The molecule has 0 amide bonds. The molecule has 0 N–H and O–H groups in total. The van der Waals surface area contributed by atoms with E-state index in [1.165, 1.54) is 19.3 Å². The summed E-state index contributed by atoms with van der Waals surface area (Å²) >= 11 is 0. The number of nitrogens with zero attached hydrogens (tertiary/aromatic N) is 1. The van der Waals surface area contributed by atoms with Crippen molar-refractivity contribution in [3.63, 3.8) is 0 Å². The monoisotopic (exact) mass is 333 g/mol. The molecule has 0 rings (SSSR count). The smallest absolute Gasteiger partial charge is 0.246 e. The molecule has 0 aromatic carbocycles. The highest BCUT2D eigenvalue weighted by Gasteiger charge is 2.06. The Morgan fingerprint density at radius 1 is 0.875 bits per heavy atom. The lowest BCUT2D eigenvalue weighted by Crippen LogP contribution is -1.97. The largest absolute Gasteiger partial charge is 0.303 e. The van der Waals surface area contributed by atoms with Crippen LogP contribution in [0.2, 0.25) is 0 Å². The van der Waals surface area contributed by atoms with Gasteiger partial charge in [-0.1, -0.05) is 56.2 Å². The molecule has 0 heterocycles. The predicted molar refractivity (Wildman–Crippen MR) is 100 cm³/mol. The van der Waals surface area contributed by atoms with Crippen LogP contribution in [0.4, 0.5) is 0 Å². The van der Waals surface area contributed by atoms with Crippen molar-refractivity contribution in [2.75, 3.05) is 0 Å². The number of hydrogen-bond donors (Lipinski definition) is 0. The number of carbonyl (C=O) groups excluding carboxylic acids is 1. The van der Waals surface area contributed by atoms with Gasteiger partial charge in [-0.05, 0) is 44.6 Å². The molecule has 4 nitrogen and oxygen atoms in total. The first kappa shape index (κ1) is 22.0. The number of rotatable bonds is 15. The van der Waals surface area contributed by atoms with E-state index in [0.29, 0.717) is 19.3 Å². The summed E-state index contributed by atoms with van der Waals surface area (Å²) in [5.74, 6) is 0. The Hall–Kier alpha value is -1.97. The number of hydrogen-bond acceptors (Lipinski definition) is 3. The van der Waals surface area contributed by atoms with Gasteiger partial charge in [0.25, 0.3) is 0 Å². The summed E-state index contributed by atoms with van der Waals surface area (Å²) in [5, 5.41) is 11.0. The van der Waals surface area contributed by atoms with Gasteiger partial charge < -0.3 is 4.79 Å². The van der Waals surface area contributed by atoms with Crippen molar-refractivity contribution in [1.82, 2.24) is 0 Å². The minimum atomic E-state index is -0.322. The normalized spacial score (nSPS) is 12.6. The first-order valence-electron chi connectivity index (χ1n) is 8.94. The molecule has 0 unspecified atom stereocenters. The molecule has 0 aromatic rings. The third-order valence-corrected chi connectivity index (χ3v) is 3.49. The average molecular weight is 333 g/mol. The van der Waals surface area contributed by atoms with Gasteiger partial charge in [-0.3, -0.25) is 10.1 Å². The summed E-state index contributed by atoms with van der Waals surface area (Å²) in [6.07, 6.45) is 23.4. The lowest BCUT2D eigenvalue weighted by molar-refractivity contribution is -0.427. The zero-order chi connectivity index (χ0) is 17.9. The van der Waals surface area contributed by atoms with E-state index in [2.05, 4.69) is 19.1 Å². The summed E-state index contributed by atoms with van der Waals surface area (Å²) in [6.45, 7) is 2.20. The number of aldehydes is 1. The maximum Gasteiger partial charge on any atom is 0.246 e. The van der Waals surface area contributed by atoms with Gasteiger partial charge in [0.1, 0.15) is 6.29 Å². The standard InChI is InChI=1S/C20H31NO3/c1-2-3-4-5-6-7-8-9-11-14-17-20(21(23)24)18-15-12-10-13-16-19-22/h6-7,9,11-12,15,17,19H,2-5,8,10,13-14,16,18H2,1H3/b7-6-,11-9-,15-12-,20-17+. The van der Waals surface area contributed by atoms with Crippen LogP contribution in [0.5, 0.6) is 0 Å². The summed E-state index contributed by atoms with van der Waals surface area (Å²) in [6, 6.07) is 0. The molecule has 0 radical (unpaired) electrons. The summed E-state index contributed by atoms with van der Waals surface area (Å²) < 4.78 is 0. The summed E-state index contributed by atoms with van der Waals surface area (Å²) in [5.41, 5.74) is 0.224. The van der Waals surface area contributed by atoms with Crippen LogP contribution in [-0.4, -0.2) is 11.2 Å². The summed E-state index contributed by atoms with van der Waals surface area (Å²) in [7, 11) is 0. The van der Waals surface area contributed by atoms with Crippen LogP contribution in [-0.2, 0) is 4.79 Å². The van der Waals surface area contributed by atoms with Crippen LogP contribution in [0, 0.1) is 10.1 Å². The van der Waals surface area contributed by atoms with Gasteiger partial charge >= 0.3 is 0 Å². The number of carbonyl (C=O) groups is 1. The molecular formula is C20H31NO3. The first-order chi connectivity index (χ1) is 11.7. The van der Waals surface area contributed by atoms with Gasteiger partial charge in [0, 0.05) is 6.42 Å². The Labute approximate surface area is 146 Å². The van der Waals surface area contributed by atoms with Gasteiger partial charge in [0.05, 0.1) is 11.3 Å². The van der Waals surface area contributed by atoms with E-state index in [1.54, 1.807) is 6.08 Å². The topological polar surface area (TPSA) is 60.2 Å². The molecular weight excluding hydrogens is 302 g/mol. The van der Waals surface area contributed by atoms with Crippen molar-refractivity contribution in [1.29, 1.82) is 0 Å². The molecule has 0 spiro atoms. The van der Waals surface area contributed by atoms with E-state index < -0.39 is 0 Å². The Bertz CT molecular complexity index is 448. The van der Waals surface area contributed by atoms with Crippen LogP contribution < -0.4 is 0 Å². The number of unbranched alkanes of at least 4 members (excludes halogenated alkanes) is 5. The van der Waals surface area contributed by atoms with E-state index in [1.807, 2.05) is 24.3 Å². The molecule has 24 heavy (non-hydrogen) atoms. The maximum absolute atomic E-state index is 11.0. The lowest BCUT2D eigenvalue weighted by Gasteiger charge is -1.94. The highest BCUT2D eigenvalue weighted by Crippen LogP contribution is 2.07. The van der Waals surface area contributed by atoms with Gasteiger partial charge in [-0.2, -0.15) is 0 Å². The number of allylic oxidation sites excluding steroid dienone is 7. The highest BCUT2D eigenvalue weighted by molar-refractivity contribution is 5.49. The third kappa shape index (κ3) is 14.9. The molecule has 134 valence electrons. The molecule has 0 saturated heterocycles. The fourth-order valence-corrected chi connectivity index (χ4v) is 2.07. The van der Waals surface area contributed by atoms with Crippen molar-refractivity contribution in [3.05, 3.63) is 58.3 Å². The molecule has 0 aliphatic carbocycles. The highest BCUT2D eigenvalue weighted by atomic mass is 16.6. The second kappa shape index (κ2) is 17.4. The van der Waals surface area contributed by atoms with Crippen molar-refractivity contribution in [3.8, 4) is 0 Å². The van der Waals surface area contributed by atoms with Crippen molar-refractivity contribution in [2.45, 2.75) is 71.1 Å². The Morgan fingerprint density at radius 2 is 1.54 bits per heavy atom. The van der Waals surface area contributed by atoms with Crippen LogP contribution in [0.1, 0.15) is 71.1 Å². The van der Waals surface area contributed by atoms with Crippen LogP contribution in [0.15, 0.2) is 48.2 Å². The van der Waals surface area contributed by atoms with Crippen molar-refractivity contribution < 1.29 is 9.72 Å². The molecule has 0 aliphatic rings. The van der Waals surface area contributed by atoms with Crippen molar-refractivity contribution >= 4 is 6.29 Å². The summed E-state index contributed by atoms with van der Waals surface area (Å²) in [4.78, 5) is 20.8. The maximum atomic E-state index is 11.0. The molecule has 0 aliphatic heterocycles. The molecule has 4 heteroatoms. The molecule has 0 atom stereocenters. The predicted octanol–water partition coefficient (Wildman–Crippen LogP) is 5.94. The van der Waals surface area contributed by atoms with Crippen LogP contribution in [0.25, 0.3) is 0 Å². The van der Waals surface area contributed by atoms with E-state index in [-0.39, 0.29) is 10.6 Å². The van der Waals surface area contributed by atoms with Gasteiger partial charge in [0.15, 0.2) is 0 Å². The fourth-order valence-electron chi connectivity index (χ4n) is 2.07.